The SMILES string of the molecule is C=CCN(CC=CN)CC(=O)O. The first-order chi connectivity index (χ1) is 5.70. The first kappa shape index (κ1) is 10.7. The number of carboxylic acid groups (broad SMARTS) is 1. The Kier molecular flexibility index (Phi) is 5.73. The summed E-state index contributed by atoms with van der Waals surface area (Å²) in [4.78, 5) is 12.0. The Morgan fingerprint density at radius 3 is 2.67 bits per heavy atom. The van der Waals surface area contributed by atoms with Crippen LogP contribution in [0.25, 0.3) is 0 Å². The maximum atomic E-state index is 10.3. The maximum absolute atomic E-state index is 10.3. The Balaban J connectivity index is 3.84. The van der Waals surface area contributed by atoms with E-state index in [4.69, 9.17) is 10.8 Å². The lowest BCUT2D eigenvalue weighted by Gasteiger charge is -2.15. The fourth-order valence-corrected chi connectivity index (χ4v) is 0.787. The largest absolute Gasteiger partial charge is 0.480 e. The monoisotopic (exact) mass is 170 g/mol. The summed E-state index contributed by atoms with van der Waals surface area (Å²) in [5.41, 5.74) is 5.12. The highest BCUT2D eigenvalue weighted by molar-refractivity contribution is 5.69. The molecule has 0 spiro atoms. The molecule has 0 aromatic carbocycles. The molecule has 0 aromatic heterocycles. The van der Waals surface area contributed by atoms with Crippen molar-refractivity contribution in [2.75, 3.05) is 19.6 Å². The summed E-state index contributed by atoms with van der Waals surface area (Å²) in [6.07, 6.45) is 4.76. The van der Waals surface area contributed by atoms with Gasteiger partial charge >= 0.3 is 5.97 Å². The van der Waals surface area contributed by atoms with Crippen molar-refractivity contribution in [3.05, 3.63) is 24.9 Å². The smallest absolute Gasteiger partial charge is 0.317 e. The van der Waals surface area contributed by atoms with Gasteiger partial charge in [0.15, 0.2) is 0 Å². The molecule has 68 valence electrons. The highest BCUT2D eigenvalue weighted by Crippen LogP contribution is 1.88. The molecule has 0 aromatic rings. The number of carbonyl (C=O) groups is 1. The Bertz CT molecular complexity index is 178. The number of aliphatic carboxylic acids is 1. The van der Waals surface area contributed by atoms with E-state index in [0.717, 1.165) is 0 Å². The van der Waals surface area contributed by atoms with E-state index in [1.807, 2.05) is 0 Å². The summed E-state index contributed by atoms with van der Waals surface area (Å²) in [5.74, 6) is -0.845. The van der Waals surface area contributed by atoms with Crippen LogP contribution in [-0.4, -0.2) is 35.6 Å². The standard InChI is InChI=1S/C8H14N2O2/c1-2-5-10(6-3-4-9)7-8(11)12/h2-4H,1,5-7,9H2,(H,11,12). The van der Waals surface area contributed by atoms with E-state index < -0.39 is 5.97 Å². The third kappa shape index (κ3) is 5.49. The van der Waals surface area contributed by atoms with Gasteiger partial charge in [-0.25, -0.2) is 0 Å². The normalized spacial score (nSPS) is 10.8. The van der Waals surface area contributed by atoms with Crippen LogP contribution in [0.3, 0.4) is 0 Å². The highest BCUT2D eigenvalue weighted by atomic mass is 16.4. The van der Waals surface area contributed by atoms with Gasteiger partial charge < -0.3 is 10.8 Å². The van der Waals surface area contributed by atoms with Gasteiger partial charge in [0, 0.05) is 13.1 Å². The molecule has 0 aliphatic carbocycles. The minimum atomic E-state index is -0.845. The van der Waals surface area contributed by atoms with Crippen LogP contribution in [0, 0.1) is 0 Å². The lowest BCUT2D eigenvalue weighted by atomic mass is 10.4. The predicted molar refractivity (Wildman–Crippen MR) is 47.6 cm³/mol. The molecular formula is C8H14N2O2. The van der Waals surface area contributed by atoms with Crippen LogP contribution in [0.2, 0.25) is 0 Å². The molecule has 4 heteroatoms. The van der Waals surface area contributed by atoms with E-state index in [-0.39, 0.29) is 6.54 Å². The van der Waals surface area contributed by atoms with Gasteiger partial charge in [0.1, 0.15) is 0 Å². The fourth-order valence-electron chi connectivity index (χ4n) is 0.787. The molecule has 0 saturated heterocycles. The van der Waals surface area contributed by atoms with Crippen molar-refractivity contribution in [3.8, 4) is 0 Å². The van der Waals surface area contributed by atoms with Crippen LogP contribution >= 0.6 is 0 Å². The van der Waals surface area contributed by atoms with Crippen LogP contribution in [0.5, 0.6) is 0 Å². The van der Waals surface area contributed by atoms with Crippen LogP contribution in [0.4, 0.5) is 0 Å². The Hall–Kier alpha value is -1.29. The second-order valence-electron chi connectivity index (χ2n) is 2.30. The van der Waals surface area contributed by atoms with Crippen LogP contribution < -0.4 is 5.73 Å². The third-order valence-electron chi connectivity index (χ3n) is 1.25. The molecule has 0 radical (unpaired) electrons. The maximum Gasteiger partial charge on any atom is 0.317 e. The molecule has 4 nitrogen and oxygen atoms in total. The van der Waals surface area contributed by atoms with E-state index in [2.05, 4.69) is 6.58 Å². The van der Waals surface area contributed by atoms with E-state index >= 15 is 0 Å². The molecule has 0 saturated carbocycles. The summed E-state index contributed by atoms with van der Waals surface area (Å²) < 4.78 is 0. The summed E-state index contributed by atoms with van der Waals surface area (Å²) >= 11 is 0. The second kappa shape index (κ2) is 6.42. The zero-order valence-corrected chi connectivity index (χ0v) is 6.94. The number of carboxylic acids is 1. The van der Waals surface area contributed by atoms with Gasteiger partial charge in [0.05, 0.1) is 6.54 Å². The van der Waals surface area contributed by atoms with Gasteiger partial charge in [0.25, 0.3) is 0 Å². The quantitative estimate of drug-likeness (QED) is 0.552. The van der Waals surface area contributed by atoms with Crippen LogP contribution in [0.15, 0.2) is 24.9 Å². The number of rotatable bonds is 6. The van der Waals surface area contributed by atoms with Gasteiger partial charge in [-0.1, -0.05) is 12.2 Å². The summed E-state index contributed by atoms with van der Waals surface area (Å²) in [6, 6.07) is 0. The zero-order chi connectivity index (χ0) is 9.40. The van der Waals surface area contributed by atoms with Crippen LogP contribution in [-0.2, 0) is 4.79 Å². The van der Waals surface area contributed by atoms with Crippen molar-refractivity contribution >= 4 is 5.97 Å². The molecule has 0 amide bonds. The summed E-state index contributed by atoms with van der Waals surface area (Å²) in [7, 11) is 0. The van der Waals surface area contributed by atoms with Crippen molar-refractivity contribution in [3.63, 3.8) is 0 Å². The molecule has 0 heterocycles. The average Bonchev–Trinajstić information content (AvgIpc) is 2.00. The Morgan fingerprint density at radius 1 is 1.58 bits per heavy atom. The van der Waals surface area contributed by atoms with E-state index in [0.29, 0.717) is 13.1 Å². The van der Waals surface area contributed by atoms with Gasteiger partial charge in [-0.3, -0.25) is 9.69 Å². The van der Waals surface area contributed by atoms with Crippen molar-refractivity contribution < 1.29 is 9.90 Å². The molecule has 0 bridgehead atoms. The lowest BCUT2D eigenvalue weighted by Crippen LogP contribution is -2.30. The average molecular weight is 170 g/mol. The Morgan fingerprint density at radius 2 is 2.25 bits per heavy atom. The van der Waals surface area contributed by atoms with Gasteiger partial charge in [-0.15, -0.1) is 6.58 Å². The molecular weight excluding hydrogens is 156 g/mol. The van der Waals surface area contributed by atoms with Crippen molar-refractivity contribution in [1.29, 1.82) is 0 Å². The molecule has 0 unspecified atom stereocenters. The lowest BCUT2D eigenvalue weighted by molar-refractivity contribution is -0.138. The molecule has 0 atom stereocenters. The molecule has 0 rings (SSSR count). The molecule has 0 fully saturated rings. The number of nitrogens with zero attached hydrogens (tertiary/aromatic N) is 1. The molecule has 3 N–H and O–H groups in total. The number of hydrogen-bond acceptors (Lipinski definition) is 3. The van der Waals surface area contributed by atoms with Gasteiger partial charge in [-0.05, 0) is 6.20 Å². The first-order valence-corrected chi connectivity index (χ1v) is 3.62. The van der Waals surface area contributed by atoms with Crippen molar-refractivity contribution in [1.82, 2.24) is 4.90 Å². The molecule has 12 heavy (non-hydrogen) atoms. The number of hydrogen-bond donors (Lipinski definition) is 2. The zero-order valence-electron chi connectivity index (χ0n) is 6.94. The van der Waals surface area contributed by atoms with Gasteiger partial charge in [-0.2, -0.15) is 0 Å². The minimum absolute atomic E-state index is 0.0103. The van der Waals surface area contributed by atoms with Gasteiger partial charge in [0.2, 0.25) is 0 Å². The van der Waals surface area contributed by atoms with Crippen molar-refractivity contribution in [2.45, 2.75) is 0 Å². The molecule has 0 aliphatic heterocycles. The summed E-state index contributed by atoms with van der Waals surface area (Å²) in [6.45, 7) is 4.62. The highest BCUT2D eigenvalue weighted by Gasteiger charge is 2.04. The predicted octanol–water partition coefficient (Wildman–Crippen LogP) is 0.0314. The topological polar surface area (TPSA) is 66.6 Å². The number of nitrogens with two attached hydrogens (primary N) is 1. The fraction of sp³-hybridized carbons (Fsp3) is 0.375. The third-order valence-corrected chi connectivity index (χ3v) is 1.25. The van der Waals surface area contributed by atoms with E-state index in [1.54, 1.807) is 17.1 Å². The first-order valence-electron chi connectivity index (χ1n) is 3.62. The van der Waals surface area contributed by atoms with Crippen LogP contribution in [0.1, 0.15) is 0 Å². The second-order valence-corrected chi connectivity index (χ2v) is 2.30. The van der Waals surface area contributed by atoms with E-state index in [9.17, 15) is 4.79 Å². The summed E-state index contributed by atoms with van der Waals surface area (Å²) in [5, 5.41) is 8.48. The van der Waals surface area contributed by atoms with Crippen molar-refractivity contribution in [2.24, 2.45) is 5.73 Å². The molecule has 0 aliphatic rings. The Labute approximate surface area is 72.0 Å². The minimum Gasteiger partial charge on any atom is -0.480 e. The van der Waals surface area contributed by atoms with E-state index in [1.165, 1.54) is 6.20 Å².